The minimum absolute atomic E-state index is 0.0218. The maximum Gasteiger partial charge on any atom is 0.0967 e. The summed E-state index contributed by atoms with van der Waals surface area (Å²) in [6.07, 6.45) is 1.82. The van der Waals surface area contributed by atoms with E-state index in [0.29, 0.717) is 35.9 Å². The molecule has 18 aromatic carbocycles. The van der Waals surface area contributed by atoms with Crippen LogP contribution in [0.5, 0.6) is 0 Å². The summed E-state index contributed by atoms with van der Waals surface area (Å²) >= 11 is 0. The van der Waals surface area contributed by atoms with E-state index in [4.69, 9.17) is 9.97 Å². The van der Waals surface area contributed by atoms with Gasteiger partial charge in [0.25, 0.3) is 0 Å². The highest BCUT2D eigenvalue weighted by atomic mass is 15.2. The lowest BCUT2D eigenvalue weighted by Gasteiger charge is -2.31. The second-order valence-electron chi connectivity index (χ2n) is 43.5. The van der Waals surface area contributed by atoms with Crippen molar-refractivity contribution in [2.24, 2.45) is 0 Å². The van der Waals surface area contributed by atoms with Gasteiger partial charge in [0.15, 0.2) is 0 Å². The van der Waals surface area contributed by atoms with Crippen molar-refractivity contribution in [3.63, 3.8) is 0 Å². The summed E-state index contributed by atoms with van der Waals surface area (Å²) in [6.45, 7) is 43.0. The molecule has 24 rings (SSSR count). The fraction of sp³-hybridized carbons (Fsp3) is 0.196. The van der Waals surface area contributed by atoms with Gasteiger partial charge in [0, 0.05) is 119 Å². The van der Waals surface area contributed by atoms with E-state index < -0.39 is 0 Å². The molecule has 0 amide bonds. The first kappa shape index (κ1) is 102. The van der Waals surface area contributed by atoms with Gasteiger partial charge in [-0.3, -0.25) is 9.97 Å². The van der Waals surface area contributed by atoms with Crippen LogP contribution in [0.4, 0.5) is 51.2 Å². The Hall–Kier alpha value is -16.4. The summed E-state index contributed by atoms with van der Waals surface area (Å²) in [7, 11) is 0. The summed E-state index contributed by atoms with van der Waals surface area (Å²) in [6, 6.07) is 165. The lowest BCUT2D eigenvalue weighted by atomic mass is 9.81. The first-order valence-corrected chi connectivity index (χ1v) is 53.6. The average molecular weight is 1960 g/mol. The zero-order valence-corrected chi connectivity index (χ0v) is 90.5. The van der Waals surface area contributed by atoms with Crippen molar-refractivity contribution in [2.45, 2.75) is 184 Å². The number of pyridine rings is 3. The van der Waals surface area contributed by atoms with Crippen molar-refractivity contribution >= 4 is 94.5 Å². The van der Waals surface area contributed by atoms with Gasteiger partial charge in [-0.1, -0.05) is 404 Å². The Morgan fingerprint density at radius 3 is 1.03 bits per heavy atom. The molecule has 0 saturated heterocycles. The molecule has 0 spiro atoms. The van der Waals surface area contributed by atoms with Crippen molar-refractivity contribution in [1.82, 2.24) is 15.0 Å². The van der Waals surface area contributed by atoms with E-state index in [9.17, 15) is 0 Å². The lowest BCUT2D eigenvalue weighted by Crippen LogP contribution is -2.26. The Kier molecular flexibility index (Phi) is 30.2. The highest BCUT2D eigenvalue weighted by molar-refractivity contribution is 6.03. The fourth-order valence-electron chi connectivity index (χ4n) is 22.0. The van der Waals surface area contributed by atoms with Gasteiger partial charge in [0.1, 0.15) is 0 Å². The van der Waals surface area contributed by atoms with E-state index in [1.54, 1.807) is 0 Å². The molecule has 21 aromatic rings. The van der Waals surface area contributed by atoms with Crippen LogP contribution in [0.3, 0.4) is 0 Å². The summed E-state index contributed by atoms with van der Waals surface area (Å²) in [5, 5.41) is 7.44. The van der Waals surface area contributed by atoms with Crippen LogP contribution in [0.1, 0.15) is 198 Å². The van der Waals surface area contributed by atoms with Crippen LogP contribution in [-0.2, 0) is 16.2 Å². The van der Waals surface area contributed by atoms with Crippen LogP contribution in [0.15, 0.2) is 461 Å². The molecule has 3 aromatic heterocycles. The van der Waals surface area contributed by atoms with Crippen molar-refractivity contribution in [3.05, 3.63) is 517 Å². The molecular formula is C143H139N7. The van der Waals surface area contributed by atoms with Crippen LogP contribution in [0, 0.1) is 6.92 Å². The molecule has 746 valence electrons. The van der Waals surface area contributed by atoms with E-state index in [-0.39, 0.29) is 16.2 Å². The van der Waals surface area contributed by atoms with E-state index in [2.05, 4.69) is 593 Å². The summed E-state index contributed by atoms with van der Waals surface area (Å²) in [4.78, 5) is 23.6. The molecule has 0 bridgehead atoms. The largest absolute Gasteiger partial charge is 0.339 e. The average Bonchev–Trinajstić information content (AvgIpc) is 1.55. The minimum Gasteiger partial charge on any atom is -0.339 e. The number of benzene rings is 18. The zero-order valence-electron chi connectivity index (χ0n) is 90.5. The van der Waals surface area contributed by atoms with Gasteiger partial charge in [-0.2, -0.15) is 0 Å². The Bertz CT molecular complexity index is 8190. The topological polar surface area (TPSA) is 51.6 Å². The normalized spacial score (nSPS) is 12.8. The molecule has 0 N–H and O–H groups in total. The van der Waals surface area contributed by atoms with E-state index >= 15 is 0 Å². The van der Waals surface area contributed by atoms with Crippen molar-refractivity contribution in [1.29, 1.82) is 0 Å². The smallest absolute Gasteiger partial charge is 0.0967 e. The minimum atomic E-state index is -0.0232. The second-order valence-corrected chi connectivity index (χ2v) is 43.5. The standard InChI is InChI=1S/2C30H29N.C28H27N.C20H21N.C20H19N.C15H14N2/c1-21(2)22-15-17-26-27-18-16-25(20-29(27)30(3,4)28(26)19-22)31(23-11-7-5-8-12-23)24-13-9-6-10-14-24;1-21(2)31(24-10-6-5-7-11-24)25-17-14-22(15-18-25)23-16-19-27-26-12-8-9-13-28(26)30(3,4)29(27)20-23;1-19(2)29(22-14-13-20-9-5-6-10-21(20)17-22)23-15-16-25-24-11-7-8-12-26(24)28(3,4)27(25)18-23;1-15(2)21(19-11-8-16(3)9-12-19)20-13-10-17-6-4-5-7-18(17)14-20;1-15(2)18-13-19(16-9-5-3-6-10-16)21-20(14-18)17-11-7-4-8-12-17;1-10(2)13-8-7-12-6-5-11-4-3-9-16-14(11)15(12)17-13/h2*5-21H,1-4H3;5-19H,1-4H3;4-15H,1-3H3;3-15H,1-2H3;3-10H,1-2H3. The van der Waals surface area contributed by atoms with Crippen LogP contribution >= 0.6 is 0 Å². The van der Waals surface area contributed by atoms with Crippen LogP contribution in [0.2, 0.25) is 0 Å². The number of rotatable bonds is 18. The molecule has 0 saturated carbocycles. The molecule has 0 fully saturated rings. The van der Waals surface area contributed by atoms with Gasteiger partial charge in [0.05, 0.1) is 22.4 Å². The van der Waals surface area contributed by atoms with E-state index in [1.165, 1.54) is 167 Å². The second kappa shape index (κ2) is 44.4. The molecule has 7 nitrogen and oxygen atoms in total. The number of hydrogen-bond donors (Lipinski definition) is 0. The Labute approximate surface area is 890 Å². The molecule has 3 aliphatic rings. The van der Waals surface area contributed by atoms with Gasteiger partial charge < -0.3 is 19.6 Å². The molecule has 3 aliphatic carbocycles. The van der Waals surface area contributed by atoms with Gasteiger partial charge in [-0.15, -0.1) is 0 Å². The summed E-state index contributed by atoms with van der Waals surface area (Å²) in [5.41, 5.74) is 41.9. The molecular weight excluding hydrogens is 1820 g/mol. The maximum atomic E-state index is 4.86. The van der Waals surface area contributed by atoms with Crippen LogP contribution in [0.25, 0.3) is 110 Å². The van der Waals surface area contributed by atoms with Gasteiger partial charge in [-0.05, 0) is 316 Å². The molecule has 150 heavy (non-hydrogen) atoms. The number of fused-ring (bicyclic) bond motifs is 14. The van der Waals surface area contributed by atoms with E-state index in [0.717, 1.165) is 50.0 Å². The summed E-state index contributed by atoms with van der Waals surface area (Å²) < 4.78 is 0. The summed E-state index contributed by atoms with van der Waals surface area (Å²) in [5.74, 6) is 1.46. The van der Waals surface area contributed by atoms with Gasteiger partial charge in [-0.25, -0.2) is 4.98 Å². The zero-order chi connectivity index (χ0) is 105. The van der Waals surface area contributed by atoms with Crippen LogP contribution < -0.4 is 19.6 Å². The first-order valence-electron chi connectivity index (χ1n) is 53.6. The number of nitrogens with zero attached hydrogens (tertiary/aromatic N) is 7. The maximum absolute atomic E-state index is 4.86. The van der Waals surface area contributed by atoms with E-state index in [1.807, 2.05) is 24.4 Å². The first-order chi connectivity index (χ1) is 72.5. The van der Waals surface area contributed by atoms with Crippen molar-refractivity contribution in [3.8, 4) is 67.0 Å². The van der Waals surface area contributed by atoms with Crippen molar-refractivity contribution < 1.29 is 0 Å². The predicted octanol–water partition coefficient (Wildman–Crippen LogP) is 39.6. The number of aromatic nitrogens is 3. The Morgan fingerprint density at radius 1 is 0.207 bits per heavy atom. The monoisotopic (exact) mass is 1950 g/mol. The van der Waals surface area contributed by atoms with Crippen molar-refractivity contribution in [2.75, 3.05) is 19.6 Å². The predicted molar refractivity (Wildman–Crippen MR) is 644 cm³/mol. The fourth-order valence-corrected chi connectivity index (χ4v) is 22.0. The van der Waals surface area contributed by atoms with Crippen LogP contribution in [-0.4, -0.2) is 33.1 Å². The third-order valence-electron chi connectivity index (χ3n) is 30.2. The highest BCUT2D eigenvalue weighted by Crippen LogP contribution is 2.55. The molecule has 3 heterocycles. The molecule has 0 unspecified atom stereocenters. The lowest BCUT2D eigenvalue weighted by molar-refractivity contribution is 0.658. The molecule has 7 heteroatoms. The highest BCUT2D eigenvalue weighted by Gasteiger charge is 2.40. The third-order valence-corrected chi connectivity index (χ3v) is 30.2. The third kappa shape index (κ3) is 21.6. The Balaban J connectivity index is 0.000000114. The van der Waals surface area contributed by atoms with Gasteiger partial charge >= 0.3 is 0 Å². The Morgan fingerprint density at radius 2 is 0.540 bits per heavy atom. The number of hydrogen-bond acceptors (Lipinski definition) is 7. The molecule has 0 atom stereocenters. The molecule has 0 aliphatic heterocycles. The SMILES string of the molecule is CC(C)N(c1ccc2c(c1)C(C)(C)c1ccccc1-2)c1ccc2ccccc2c1.CC(C)N(c1ccccc1)c1ccc(-c2ccc3c(c2)C(C)(C)c2ccccc2-3)cc1.CC(C)c1cc(-c2ccccc2)nc(-c2ccccc2)c1.CC(C)c1ccc2c(c1)C(C)(C)c1cc(N(c3ccccc3)c3ccccc3)ccc1-2.CC(C)c1ccc2ccc3cccnc3c2n1.Cc1ccc(N(c2ccc3ccccc3c2)C(C)C)cc1. The number of para-hydroxylation sites is 3. The number of aryl methyl sites for hydroxylation is 1. The quantitative estimate of drug-likeness (QED) is 0.0794. The molecule has 0 radical (unpaired) electrons. The number of anilines is 9. The van der Waals surface area contributed by atoms with Gasteiger partial charge in [0.2, 0.25) is 0 Å².